The van der Waals surface area contributed by atoms with E-state index in [0.29, 0.717) is 11.1 Å². The summed E-state index contributed by atoms with van der Waals surface area (Å²) in [7, 11) is 0. The molecule has 0 spiro atoms. The fourth-order valence-corrected chi connectivity index (χ4v) is 2.30. The van der Waals surface area contributed by atoms with Gasteiger partial charge in [0.05, 0.1) is 6.61 Å². The number of hydrogen-bond acceptors (Lipinski definition) is 3. The molecule has 1 aromatic carbocycles. The third kappa shape index (κ3) is 1.85. The number of carbonyl (C=O) groups is 2. The molecule has 1 unspecified atom stereocenters. The Morgan fingerprint density at radius 2 is 2.06 bits per heavy atom. The summed E-state index contributed by atoms with van der Waals surface area (Å²) in [6, 6.07) is 4.07. The molecule has 96 valence electrons. The van der Waals surface area contributed by atoms with Crippen LogP contribution >= 0.6 is 0 Å². The highest BCUT2D eigenvalue weighted by Crippen LogP contribution is 2.38. The van der Waals surface area contributed by atoms with Gasteiger partial charge in [-0.15, -0.1) is 0 Å². The van der Waals surface area contributed by atoms with Crippen LogP contribution in [0.15, 0.2) is 18.2 Å². The van der Waals surface area contributed by atoms with Gasteiger partial charge in [0.1, 0.15) is 5.82 Å². The molecule has 0 fully saturated rings. The van der Waals surface area contributed by atoms with Crippen molar-refractivity contribution < 1.29 is 23.8 Å². The number of hydrogen-bond donors (Lipinski definition) is 1. The number of fused-ring (bicyclic) bond motifs is 1. The van der Waals surface area contributed by atoms with Gasteiger partial charge in [-0.2, -0.15) is 0 Å². The van der Waals surface area contributed by atoms with Gasteiger partial charge in [0.25, 0.3) is 0 Å². The molecule has 5 heteroatoms. The second kappa shape index (κ2) is 4.40. The first-order valence-electron chi connectivity index (χ1n) is 5.67. The van der Waals surface area contributed by atoms with Crippen LogP contribution in [0, 0.1) is 11.2 Å². The molecule has 0 radical (unpaired) electrons. The average molecular weight is 252 g/mol. The van der Waals surface area contributed by atoms with Crippen molar-refractivity contribution in [3.8, 4) is 0 Å². The summed E-state index contributed by atoms with van der Waals surface area (Å²) in [5, 5.41) is 9.31. The Hall–Kier alpha value is -1.91. The number of ether oxygens (including phenoxy) is 1. The van der Waals surface area contributed by atoms with Crippen LogP contribution in [0.1, 0.15) is 18.1 Å². The first-order valence-corrected chi connectivity index (χ1v) is 5.67. The Morgan fingerprint density at radius 3 is 2.67 bits per heavy atom. The number of halogens is 1. The smallest absolute Gasteiger partial charge is 0.324 e. The number of esters is 1. The van der Waals surface area contributed by atoms with E-state index >= 15 is 0 Å². The van der Waals surface area contributed by atoms with Gasteiger partial charge in [0.15, 0.2) is 5.41 Å². The standard InChI is InChI=1S/C13H13FO4/c1-2-18-12(17)13(11(15)16)6-8-3-4-10(14)5-9(8)7-13/h3-5H,2,6-7H2,1H3,(H,15,16). The Balaban J connectivity index is 2.38. The zero-order valence-electron chi connectivity index (χ0n) is 9.90. The fraction of sp³-hybridized carbons (Fsp3) is 0.385. The molecule has 1 aliphatic carbocycles. The number of rotatable bonds is 3. The highest BCUT2D eigenvalue weighted by molar-refractivity contribution is 6.00. The van der Waals surface area contributed by atoms with E-state index in [1.54, 1.807) is 6.92 Å². The number of aliphatic carboxylic acids is 1. The van der Waals surface area contributed by atoms with E-state index in [4.69, 9.17) is 4.74 Å². The molecule has 1 aliphatic rings. The summed E-state index contributed by atoms with van der Waals surface area (Å²) in [6.45, 7) is 1.74. The Bertz CT molecular complexity index is 512. The zero-order valence-corrected chi connectivity index (χ0v) is 9.90. The molecule has 18 heavy (non-hydrogen) atoms. The molecule has 1 atom stereocenters. The van der Waals surface area contributed by atoms with Crippen molar-refractivity contribution in [1.29, 1.82) is 0 Å². The molecule has 0 saturated heterocycles. The summed E-state index contributed by atoms with van der Waals surface area (Å²) >= 11 is 0. The van der Waals surface area contributed by atoms with E-state index in [0.717, 1.165) is 0 Å². The summed E-state index contributed by atoms with van der Waals surface area (Å²) in [4.78, 5) is 23.3. The molecule has 0 aromatic heterocycles. The van der Waals surface area contributed by atoms with E-state index in [-0.39, 0.29) is 19.4 Å². The first-order chi connectivity index (χ1) is 8.49. The fourth-order valence-electron chi connectivity index (χ4n) is 2.30. The van der Waals surface area contributed by atoms with E-state index in [1.807, 2.05) is 0 Å². The van der Waals surface area contributed by atoms with Crippen molar-refractivity contribution in [3.05, 3.63) is 35.1 Å². The molecule has 2 rings (SSSR count). The highest BCUT2D eigenvalue weighted by Gasteiger charge is 2.51. The Labute approximate surface area is 103 Å². The van der Waals surface area contributed by atoms with Crippen LogP contribution in [0.5, 0.6) is 0 Å². The summed E-state index contributed by atoms with van der Waals surface area (Å²) < 4.78 is 17.9. The van der Waals surface area contributed by atoms with Crippen molar-refractivity contribution in [2.24, 2.45) is 5.41 Å². The van der Waals surface area contributed by atoms with Crippen LogP contribution in [0.25, 0.3) is 0 Å². The minimum atomic E-state index is -1.61. The van der Waals surface area contributed by atoms with Crippen molar-refractivity contribution in [2.75, 3.05) is 6.61 Å². The molecule has 0 aliphatic heterocycles. The second-order valence-corrected chi connectivity index (χ2v) is 4.37. The predicted molar refractivity (Wildman–Crippen MR) is 60.5 cm³/mol. The van der Waals surface area contributed by atoms with E-state index in [2.05, 4.69) is 0 Å². The van der Waals surface area contributed by atoms with Crippen LogP contribution < -0.4 is 0 Å². The highest BCUT2D eigenvalue weighted by atomic mass is 19.1. The lowest BCUT2D eigenvalue weighted by atomic mass is 9.85. The third-order valence-corrected chi connectivity index (χ3v) is 3.23. The van der Waals surface area contributed by atoms with Gasteiger partial charge in [-0.05, 0) is 43.0 Å². The van der Waals surface area contributed by atoms with Crippen LogP contribution in [-0.2, 0) is 27.2 Å². The minimum absolute atomic E-state index is 0.0196. The van der Waals surface area contributed by atoms with Gasteiger partial charge in [-0.3, -0.25) is 9.59 Å². The van der Waals surface area contributed by atoms with E-state index in [1.165, 1.54) is 18.2 Å². The molecular weight excluding hydrogens is 239 g/mol. The lowest BCUT2D eigenvalue weighted by molar-refractivity contribution is -0.167. The molecule has 0 bridgehead atoms. The van der Waals surface area contributed by atoms with Gasteiger partial charge < -0.3 is 9.84 Å². The molecular formula is C13H13FO4. The first kappa shape index (κ1) is 12.5. The van der Waals surface area contributed by atoms with Gasteiger partial charge in [-0.1, -0.05) is 6.07 Å². The van der Waals surface area contributed by atoms with Crippen LogP contribution in [-0.4, -0.2) is 23.7 Å². The normalized spacial score (nSPS) is 21.4. The van der Waals surface area contributed by atoms with Crippen molar-refractivity contribution in [2.45, 2.75) is 19.8 Å². The van der Waals surface area contributed by atoms with Crippen molar-refractivity contribution >= 4 is 11.9 Å². The van der Waals surface area contributed by atoms with Crippen LogP contribution in [0.3, 0.4) is 0 Å². The maximum Gasteiger partial charge on any atom is 0.324 e. The summed E-state index contributed by atoms with van der Waals surface area (Å²) in [6.07, 6.45) is 0.0328. The second-order valence-electron chi connectivity index (χ2n) is 4.37. The van der Waals surface area contributed by atoms with Gasteiger partial charge in [0.2, 0.25) is 0 Å². The van der Waals surface area contributed by atoms with Gasteiger partial charge >= 0.3 is 11.9 Å². The van der Waals surface area contributed by atoms with Crippen molar-refractivity contribution in [1.82, 2.24) is 0 Å². The van der Waals surface area contributed by atoms with Crippen LogP contribution in [0.2, 0.25) is 0 Å². The third-order valence-electron chi connectivity index (χ3n) is 3.23. The number of carboxylic acid groups (broad SMARTS) is 1. The van der Waals surface area contributed by atoms with Crippen molar-refractivity contribution in [3.63, 3.8) is 0 Å². The average Bonchev–Trinajstić information content (AvgIpc) is 2.69. The number of benzene rings is 1. The quantitative estimate of drug-likeness (QED) is 0.655. The Kier molecular flexibility index (Phi) is 3.07. The molecule has 1 N–H and O–H groups in total. The maximum absolute atomic E-state index is 13.1. The monoisotopic (exact) mass is 252 g/mol. The van der Waals surface area contributed by atoms with Crippen LogP contribution in [0.4, 0.5) is 4.39 Å². The van der Waals surface area contributed by atoms with Gasteiger partial charge in [-0.25, -0.2) is 4.39 Å². The summed E-state index contributed by atoms with van der Waals surface area (Å²) in [5.41, 5.74) is -0.358. The van der Waals surface area contributed by atoms with E-state index < -0.39 is 23.2 Å². The molecule has 0 heterocycles. The van der Waals surface area contributed by atoms with E-state index in [9.17, 15) is 19.1 Å². The largest absolute Gasteiger partial charge is 0.480 e. The SMILES string of the molecule is CCOC(=O)C1(C(=O)O)Cc2ccc(F)cc2C1. The predicted octanol–water partition coefficient (Wildman–Crippen LogP) is 1.56. The minimum Gasteiger partial charge on any atom is -0.480 e. The molecule has 0 amide bonds. The zero-order chi connectivity index (χ0) is 13.3. The number of carboxylic acids is 1. The summed E-state index contributed by atoms with van der Waals surface area (Å²) in [5.74, 6) is -2.41. The molecule has 4 nitrogen and oxygen atoms in total. The number of carbonyl (C=O) groups excluding carboxylic acids is 1. The van der Waals surface area contributed by atoms with Gasteiger partial charge in [0, 0.05) is 0 Å². The Morgan fingerprint density at radius 1 is 1.39 bits per heavy atom. The molecule has 1 aromatic rings. The topological polar surface area (TPSA) is 63.6 Å². The maximum atomic E-state index is 13.1. The lowest BCUT2D eigenvalue weighted by Gasteiger charge is -2.21. The molecule has 0 saturated carbocycles. The lowest BCUT2D eigenvalue weighted by Crippen LogP contribution is -2.41.